The first kappa shape index (κ1) is 12.5. The zero-order valence-corrected chi connectivity index (χ0v) is 10.1. The van der Waals surface area contributed by atoms with Crippen LogP contribution in [0.4, 0.5) is 0 Å². The molecule has 88 valence electrons. The van der Waals surface area contributed by atoms with E-state index in [2.05, 4.69) is 0 Å². The largest absolute Gasteiger partial charge is 0.460 e. The normalized spacial score (nSPS) is 28.3. The summed E-state index contributed by atoms with van der Waals surface area (Å²) in [5.74, 6) is -0.205. The Morgan fingerprint density at radius 2 is 1.80 bits per heavy atom. The molecule has 0 aliphatic heterocycles. The van der Waals surface area contributed by atoms with Crippen molar-refractivity contribution in [3.8, 4) is 0 Å². The molecule has 3 nitrogen and oxygen atoms in total. The number of nitrogens with two attached hydrogens (primary N) is 1. The molecule has 2 atom stereocenters. The number of carbonyl (C=O) groups excluding carboxylic acids is 1. The van der Waals surface area contributed by atoms with Crippen molar-refractivity contribution in [3.05, 3.63) is 0 Å². The van der Waals surface area contributed by atoms with Crippen molar-refractivity contribution in [3.63, 3.8) is 0 Å². The second-order valence-corrected chi connectivity index (χ2v) is 5.44. The highest BCUT2D eigenvalue weighted by Crippen LogP contribution is 2.24. The summed E-state index contributed by atoms with van der Waals surface area (Å²) < 4.78 is 5.38. The standard InChI is InChI=1S/C12H23NO2/c1-12(2,3)15-11(14)9-7-5-4-6-8-10(9)13/h9-10H,4-8,13H2,1-3H3/t9-,10+/m1/s1. The summed E-state index contributed by atoms with van der Waals surface area (Å²) in [5, 5.41) is 0. The molecule has 0 spiro atoms. The molecule has 1 aliphatic rings. The molecule has 0 radical (unpaired) electrons. The van der Waals surface area contributed by atoms with Crippen molar-refractivity contribution < 1.29 is 9.53 Å². The number of hydrogen-bond donors (Lipinski definition) is 1. The third-order valence-corrected chi connectivity index (χ3v) is 2.78. The van der Waals surface area contributed by atoms with Crippen molar-refractivity contribution in [1.82, 2.24) is 0 Å². The van der Waals surface area contributed by atoms with Crippen LogP contribution in [0, 0.1) is 5.92 Å². The lowest BCUT2D eigenvalue weighted by atomic mass is 9.95. The minimum Gasteiger partial charge on any atom is -0.460 e. The van der Waals surface area contributed by atoms with E-state index >= 15 is 0 Å². The zero-order valence-electron chi connectivity index (χ0n) is 10.1. The Morgan fingerprint density at radius 3 is 2.40 bits per heavy atom. The molecule has 0 bridgehead atoms. The van der Waals surface area contributed by atoms with E-state index in [1.165, 1.54) is 6.42 Å². The topological polar surface area (TPSA) is 52.3 Å². The van der Waals surface area contributed by atoms with Gasteiger partial charge in [-0.1, -0.05) is 19.3 Å². The monoisotopic (exact) mass is 213 g/mol. The molecule has 0 saturated heterocycles. The van der Waals surface area contributed by atoms with Crippen LogP contribution in [0.5, 0.6) is 0 Å². The lowest BCUT2D eigenvalue weighted by Gasteiger charge is -2.26. The second-order valence-electron chi connectivity index (χ2n) is 5.44. The summed E-state index contributed by atoms with van der Waals surface area (Å²) >= 11 is 0. The highest BCUT2D eigenvalue weighted by Gasteiger charge is 2.30. The summed E-state index contributed by atoms with van der Waals surface area (Å²) in [6.45, 7) is 5.69. The number of hydrogen-bond acceptors (Lipinski definition) is 3. The average Bonchev–Trinajstić information content (AvgIpc) is 2.26. The average molecular weight is 213 g/mol. The summed E-state index contributed by atoms with van der Waals surface area (Å²) in [7, 11) is 0. The molecule has 1 aliphatic carbocycles. The van der Waals surface area contributed by atoms with E-state index in [1.807, 2.05) is 20.8 Å². The molecular formula is C12H23NO2. The zero-order chi connectivity index (χ0) is 11.5. The first-order chi connectivity index (χ1) is 6.90. The molecule has 0 aromatic rings. The van der Waals surface area contributed by atoms with Gasteiger partial charge >= 0.3 is 5.97 Å². The van der Waals surface area contributed by atoms with Crippen LogP contribution < -0.4 is 5.73 Å². The number of carbonyl (C=O) groups is 1. The van der Waals surface area contributed by atoms with Crippen molar-refractivity contribution in [2.75, 3.05) is 0 Å². The Morgan fingerprint density at radius 1 is 1.20 bits per heavy atom. The van der Waals surface area contributed by atoms with Gasteiger partial charge in [-0.3, -0.25) is 4.79 Å². The van der Waals surface area contributed by atoms with Gasteiger partial charge in [-0.15, -0.1) is 0 Å². The molecule has 0 unspecified atom stereocenters. The smallest absolute Gasteiger partial charge is 0.311 e. The van der Waals surface area contributed by atoms with Gasteiger partial charge in [0, 0.05) is 6.04 Å². The van der Waals surface area contributed by atoms with E-state index in [4.69, 9.17) is 10.5 Å². The number of esters is 1. The third kappa shape index (κ3) is 4.20. The second kappa shape index (κ2) is 4.97. The number of ether oxygens (including phenoxy) is 1. The van der Waals surface area contributed by atoms with Crippen LogP contribution in [0.2, 0.25) is 0 Å². The van der Waals surface area contributed by atoms with Crippen LogP contribution >= 0.6 is 0 Å². The minimum atomic E-state index is -0.400. The summed E-state index contributed by atoms with van der Waals surface area (Å²) in [6.07, 6.45) is 5.26. The van der Waals surface area contributed by atoms with Gasteiger partial charge in [0.1, 0.15) is 5.60 Å². The van der Waals surface area contributed by atoms with E-state index in [9.17, 15) is 4.79 Å². The van der Waals surface area contributed by atoms with Gasteiger partial charge in [-0.2, -0.15) is 0 Å². The molecule has 0 heterocycles. The number of rotatable bonds is 1. The fraction of sp³-hybridized carbons (Fsp3) is 0.917. The predicted molar refractivity (Wildman–Crippen MR) is 60.4 cm³/mol. The molecule has 1 fully saturated rings. The summed E-state index contributed by atoms with van der Waals surface area (Å²) in [6, 6.07) is -0.0117. The van der Waals surface area contributed by atoms with E-state index in [1.54, 1.807) is 0 Å². The van der Waals surface area contributed by atoms with E-state index in [0.717, 1.165) is 25.7 Å². The molecule has 1 rings (SSSR count). The van der Waals surface area contributed by atoms with Crippen molar-refractivity contribution in [2.45, 2.75) is 64.5 Å². The predicted octanol–water partition coefficient (Wildman–Crippen LogP) is 2.24. The Kier molecular flexibility index (Phi) is 4.14. The van der Waals surface area contributed by atoms with Crippen LogP contribution in [0.3, 0.4) is 0 Å². The molecule has 1 saturated carbocycles. The van der Waals surface area contributed by atoms with Gasteiger partial charge < -0.3 is 10.5 Å². The fourth-order valence-electron chi connectivity index (χ4n) is 2.01. The van der Waals surface area contributed by atoms with Crippen molar-refractivity contribution in [1.29, 1.82) is 0 Å². The molecule has 0 amide bonds. The van der Waals surface area contributed by atoms with Crippen LogP contribution in [0.1, 0.15) is 52.9 Å². The van der Waals surface area contributed by atoms with Crippen molar-refractivity contribution >= 4 is 5.97 Å². The van der Waals surface area contributed by atoms with Crippen LogP contribution in [-0.4, -0.2) is 17.6 Å². The SMILES string of the molecule is CC(C)(C)OC(=O)[C@@H]1CCCCC[C@@H]1N. The van der Waals surface area contributed by atoms with Gasteiger partial charge in [0.05, 0.1) is 5.92 Å². The quantitative estimate of drug-likeness (QED) is 0.537. The first-order valence-corrected chi connectivity index (χ1v) is 5.88. The summed E-state index contributed by atoms with van der Waals surface area (Å²) in [4.78, 5) is 11.9. The molecule has 3 heteroatoms. The molecule has 0 aromatic carbocycles. The van der Waals surface area contributed by atoms with Gasteiger partial charge in [0.25, 0.3) is 0 Å². The van der Waals surface area contributed by atoms with Crippen LogP contribution in [-0.2, 0) is 9.53 Å². The fourth-order valence-corrected chi connectivity index (χ4v) is 2.01. The van der Waals surface area contributed by atoms with E-state index < -0.39 is 5.60 Å². The van der Waals surface area contributed by atoms with Crippen molar-refractivity contribution in [2.24, 2.45) is 11.7 Å². The Labute approximate surface area is 92.4 Å². The van der Waals surface area contributed by atoms with E-state index in [-0.39, 0.29) is 17.9 Å². The lowest BCUT2D eigenvalue weighted by Crippen LogP contribution is -2.38. The van der Waals surface area contributed by atoms with Crippen LogP contribution in [0.15, 0.2) is 0 Å². The highest BCUT2D eigenvalue weighted by atomic mass is 16.6. The maximum absolute atomic E-state index is 11.9. The first-order valence-electron chi connectivity index (χ1n) is 5.88. The maximum atomic E-state index is 11.9. The Balaban J connectivity index is 2.56. The Hall–Kier alpha value is -0.570. The maximum Gasteiger partial charge on any atom is 0.311 e. The van der Waals surface area contributed by atoms with E-state index in [0.29, 0.717) is 0 Å². The lowest BCUT2D eigenvalue weighted by molar-refractivity contribution is -0.161. The summed E-state index contributed by atoms with van der Waals surface area (Å²) in [5.41, 5.74) is 5.60. The van der Waals surface area contributed by atoms with Crippen LogP contribution in [0.25, 0.3) is 0 Å². The Bertz CT molecular complexity index is 220. The van der Waals surface area contributed by atoms with Gasteiger partial charge in [0.15, 0.2) is 0 Å². The molecule has 2 N–H and O–H groups in total. The molecule has 0 aromatic heterocycles. The molecule has 15 heavy (non-hydrogen) atoms. The minimum absolute atomic E-state index is 0.0117. The van der Waals surface area contributed by atoms with Gasteiger partial charge in [-0.25, -0.2) is 0 Å². The highest BCUT2D eigenvalue weighted by molar-refractivity contribution is 5.73. The van der Waals surface area contributed by atoms with Gasteiger partial charge in [0.2, 0.25) is 0 Å². The third-order valence-electron chi connectivity index (χ3n) is 2.78. The van der Waals surface area contributed by atoms with Gasteiger partial charge in [-0.05, 0) is 33.6 Å². The molecular weight excluding hydrogens is 190 g/mol.